The van der Waals surface area contributed by atoms with Crippen molar-refractivity contribution in [1.82, 2.24) is 10.6 Å². The van der Waals surface area contributed by atoms with Gasteiger partial charge in [-0.25, -0.2) is 9.59 Å². The van der Waals surface area contributed by atoms with Crippen molar-refractivity contribution >= 4 is 17.8 Å². The minimum absolute atomic E-state index is 0.245. The molecule has 0 aliphatic carbocycles. The Morgan fingerprint density at radius 3 is 2.75 bits per heavy atom. The number of ether oxygens (including phenoxy) is 3. The highest BCUT2D eigenvalue weighted by atomic mass is 16.6. The minimum Gasteiger partial charge on any atom is -0.486 e. The number of benzene rings is 2. The van der Waals surface area contributed by atoms with Crippen LogP contribution >= 0.6 is 0 Å². The van der Waals surface area contributed by atoms with Gasteiger partial charge in [0.1, 0.15) is 13.2 Å². The first kappa shape index (κ1) is 18.0. The fourth-order valence-electron chi connectivity index (χ4n) is 3.08. The van der Waals surface area contributed by atoms with E-state index in [1.165, 1.54) is 0 Å². The first-order valence-electron chi connectivity index (χ1n) is 9.12. The lowest BCUT2D eigenvalue weighted by Crippen LogP contribution is -2.44. The van der Waals surface area contributed by atoms with Crippen molar-refractivity contribution in [2.75, 3.05) is 31.2 Å². The number of para-hydroxylation sites is 2. The SMILES string of the molecule is O=C(NCc1cccc(N2CCOC2=O)c1)NC[C@H]1COc2ccccc2O1. The average Bonchev–Trinajstić information content (AvgIpc) is 3.16. The predicted octanol–water partition coefficient (Wildman–Crippen LogP) is 2.28. The van der Waals surface area contributed by atoms with E-state index in [-0.39, 0.29) is 18.2 Å². The van der Waals surface area contributed by atoms with Gasteiger partial charge in [0.15, 0.2) is 17.6 Å². The van der Waals surface area contributed by atoms with Crippen molar-refractivity contribution in [3.05, 3.63) is 54.1 Å². The summed E-state index contributed by atoms with van der Waals surface area (Å²) in [6.07, 6.45) is -0.593. The van der Waals surface area contributed by atoms with Crippen LogP contribution in [-0.4, -0.2) is 44.5 Å². The lowest BCUT2D eigenvalue weighted by Gasteiger charge is -2.26. The molecule has 1 atom stereocenters. The third kappa shape index (κ3) is 4.11. The summed E-state index contributed by atoms with van der Waals surface area (Å²) in [5.74, 6) is 1.39. The molecule has 2 aliphatic rings. The quantitative estimate of drug-likeness (QED) is 0.827. The van der Waals surface area contributed by atoms with Crippen LogP contribution < -0.4 is 25.0 Å². The molecule has 3 amide bonds. The maximum absolute atomic E-state index is 12.1. The molecular formula is C20H21N3O5. The second-order valence-corrected chi connectivity index (χ2v) is 6.50. The van der Waals surface area contributed by atoms with E-state index < -0.39 is 0 Å². The molecule has 8 heteroatoms. The highest BCUT2D eigenvalue weighted by Crippen LogP contribution is 2.30. The standard InChI is InChI=1S/C20H21N3O5/c24-19(22-12-16-13-27-17-6-1-2-7-18(17)28-16)21-11-14-4-3-5-15(10-14)23-8-9-26-20(23)25/h1-7,10,16H,8-9,11-13H2,(H2,21,22,24)/t16-/m0/s1. The zero-order chi connectivity index (χ0) is 19.3. The highest BCUT2D eigenvalue weighted by molar-refractivity contribution is 5.89. The molecule has 2 aromatic carbocycles. The molecule has 1 fully saturated rings. The molecular weight excluding hydrogens is 362 g/mol. The maximum atomic E-state index is 12.1. The Hall–Kier alpha value is -3.42. The van der Waals surface area contributed by atoms with Crippen LogP contribution in [0.5, 0.6) is 11.5 Å². The van der Waals surface area contributed by atoms with Gasteiger partial charge in [0.05, 0.1) is 13.1 Å². The number of hydrogen-bond donors (Lipinski definition) is 2. The summed E-state index contributed by atoms with van der Waals surface area (Å²) in [5.41, 5.74) is 1.65. The summed E-state index contributed by atoms with van der Waals surface area (Å²) in [7, 11) is 0. The number of carbonyl (C=O) groups is 2. The molecule has 0 aromatic heterocycles. The molecule has 2 N–H and O–H groups in total. The lowest BCUT2D eigenvalue weighted by molar-refractivity contribution is 0.0918. The van der Waals surface area contributed by atoms with E-state index in [4.69, 9.17) is 14.2 Å². The fraction of sp³-hybridized carbons (Fsp3) is 0.300. The number of urea groups is 1. The summed E-state index contributed by atoms with van der Waals surface area (Å²) in [6, 6.07) is 14.6. The molecule has 4 rings (SSSR count). The van der Waals surface area contributed by atoms with E-state index in [2.05, 4.69) is 10.6 Å². The highest BCUT2D eigenvalue weighted by Gasteiger charge is 2.24. The van der Waals surface area contributed by atoms with Gasteiger partial charge in [0, 0.05) is 12.2 Å². The number of nitrogens with one attached hydrogen (secondary N) is 2. The average molecular weight is 383 g/mol. The molecule has 0 unspecified atom stereocenters. The van der Waals surface area contributed by atoms with Crippen molar-refractivity contribution in [3.63, 3.8) is 0 Å². The zero-order valence-electron chi connectivity index (χ0n) is 15.2. The van der Waals surface area contributed by atoms with E-state index in [0.717, 1.165) is 11.3 Å². The second-order valence-electron chi connectivity index (χ2n) is 6.50. The molecule has 2 aliphatic heterocycles. The Morgan fingerprint density at radius 1 is 1.07 bits per heavy atom. The topological polar surface area (TPSA) is 89.1 Å². The third-order valence-electron chi connectivity index (χ3n) is 4.49. The van der Waals surface area contributed by atoms with Gasteiger partial charge in [-0.15, -0.1) is 0 Å². The van der Waals surface area contributed by atoms with E-state index in [9.17, 15) is 9.59 Å². The van der Waals surface area contributed by atoms with Gasteiger partial charge in [-0.3, -0.25) is 4.90 Å². The fourth-order valence-corrected chi connectivity index (χ4v) is 3.08. The Kier molecular flexibility index (Phi) is 5.18. The first-order valence-corrected chi connectivity index (χ1v) is 9.12. The van der Waals surface area contributed by atoms with E-state index >= 15 is 0 Å². The van der Waals surface area contributed by atoms with Crippen LogP contribution in [-0.2, 0) is 11.3 Å². The minimum atomic E-state index is -0.348. The van der Waals surface area contributed by atoms with Crippen molar-refractivity contribution < 1.29 is 23.8 Å². The van der Waals surface area contributed by atoms with Crippen LogP contribution in [0.25, 0.3) is 0 Å². The van der Waals surface area contributed by atoms with E-state index in [1.54, 1.807) is 4.90 Å². The second kappa shape index (κ2) is 8.08. The smallest absolute Gasteiger partial charge is 0.414 e. The Bertz CT molecular complexity index is 872. The number of hydrogen-bond acceptors (Lipinski definition) is 5. The van der Waals surface area contributed by atoms with Crippen LogP contribution in [0, 0.1) is 0 Å². The van der Waals surface area contributed by atoms with E-state index in [0.29, 0.717) is 44.3 Å². The zero-order valence-corrected chi connectivity index (χ0v) is 15.2. The van der Waals surface area contributed by atoms with Crippen LogP contribution in [0.3, 0.4) is 0 Å². The predicted molar refractivity (Wildman–Crippen MR) is 102 cm³/mol. The molecule has 0 bridgehead atoms. The van der Waals surface area contributed by atoms with Gasteiger partial charge < -0.3 is 24.8 Å². The van der Waals surface area contributed by atoms with Gasteiger partial charge in [0.2, 0.25) is 0 Å². The van der Waals surface area contributed by atoms with Crippen molar-refractivity contribution in [2.45, 2.75) is 12.6 Å². The van der Waals surface area contributed by atoms with Gasteiger partial charge in [-0.2, -0.15) is 0 Å². The molecule has 2 aromatic rings. The van der Waals surface area contributed by atoms with Gasteiger partial charge in [-0.1, -0.05) is 24.3 Å². The summed E-state index contributed by atoms with van der Waals surface area (Å²) in [4.78, 5) is 25.3. The van der Waals surface area contributed by atoms with Crippen LogP contribution in [0.15, 0.2) is 48.5 Å². The number of carbonyl (C=O) groups excluding carboxylic acids is 2. The first-order chi connectivity index (χ1) is 13.7. The van der Waals surface area contributed by atoms with Crippen LogP contribution in [0.1, 0.15) is 5.56 Å². The molecule has 2 heterocycles. The Balaban J connectivity index is 1.24. The van der Waals surface area contributed by atoms with Gasteiger partial charge >= 0.3 is 12.1 Å². The van der Waals surface area contributed by atoms with Crippen molar-refractivity contribution in [1.29, 1.82) is 0 Å². The van der Waals surface area contributed by atoms with Crippen LogP contribution in [0.2, 0.25) is 0 Å². The Morgan fingerprint density at radius 2 is 1.93 bits per heavy atom. The monoisotopic (exact) mass is 383 g/mol. The molecule has 28 heavy (non-hydrogen) atoms. The molecule has 0 spiro atoms. The molecule has 1 saturated heterocycles. The number of nitrogens with zero attached hydrogens (tertiary/aromatic N) is 1. The number of fused-ring (bicyclic) bond motifs is 1. The maximum Gasteiger partial charge on any atom is 0.414 e. The van der Waals surface area contributed by atoms with Crippen molar-refractivity contribution in [3.8, 4) is 11.5 Å². The third-order valence-corrected chi connectivity index (χ3v) is 4.49. The molecule has 0 radical (unpaired) electrons. The molecule has 0 saturated carbocycles. The summed E-state index contributed by atoms with van der Waals surface area (Å²) >= 11 is 0. The molecule has 8 nitrogen and oxygen atoms in total. The number of cyclic esters (lactones) is 1. The number of rotatable bonds is 5. The summed E-state index contributed by atoms with van der Waals surface area (Å²) < 4.78 is 16.4. The van der Waals surface area contributed by atoms with Gasteiger partial charge in [0.25, 0.3) is 0 Å². The van der Waals surface area contributed by atoms with Crippen LogP contribution in [0.4, 0.5) is 15.3 Å². The number of anilines is 1. The normalized spacial score (nSPS) is 17.8. The Labute approximate surface area is 162 Å². The van der Waals surface area contributed by atoms with E-state index in [1.807, 2.05) is 48.5 Å². The summed E-state index contributed by atoms with van der Waals surface area (Å²) in [5, 5.41) is 5.60. The van der Waals surface area contributed by atoms with Crippen molar-refractivity contribution in [2.24, 2.45) is 0 Å². The number of amides is 3. The van der Waals surface area contributed by atoms with Gasteiger partial charge in [-0.05, 0) is 29.8 Å². The largest absolute Gasteiger partial charge is 0.486 e. The molecule has 146 valence electrons. The summed E-state index contributed by atoms with van der Waals surface area (Å²) in [6.45, 7) is 1.97. The lowest BCUT2D eigenvalue weighted by atomic mass is 10.2.